The van der Waals surface area contributed by atoms with Crippen LogP contribution >= 0.6 is 0 Å². The Morgan fingerprint density at radius 3 is 1.50 bits per heavy atom. The van der Waals surface area contributed by atoms with Gasteiger partial charge in [0.05, 0.1) is 0 Å². The van der Waals surface area contributed by atoms with Gasteiger partial charge in [-0.3, -0.25) is 0 Å². The molecule has 0 spiro atoms. The van der Waals surface area contributed by atoms with Crippen molar-refractivity contribution >= 4 is 8.07 Å². The van der Waals surface area contributed by atoms with Crippen molar-refractivity contribution in [2.75, 3.05) is 0 Å². The van der Waals surface area contributed by atoms with Gasteiger partial charge in [0.1, 0.15) is 0 Å². The molecule has 0 nitrogen and oxygen atoms in total. The van der Waals surface area contributed by atoms with E-state index in [1.807, 2.05) is 0 Å². The van der Waals surface area contributed by atoms with Gasteiger partial charge in [0.25, 0.3) is 0 Å². The fraction of sp³-hybridized carbons (Fsp3) is 1.00. The fourth-order valence-corrected chi connectivity index (χ4v) is 0. The van der Waals surface area contributed by atoms with Crippen molar-refractivity contribution in [3.05, 3.63) is 0 Å². The zero-order chi connectivity index (χ0) is 5.21. The normalized spacial score (nSPS) is 12.2. The van der Waals surface area contributed by atoms with E-state index in [4.69, 9.17) is 16.0 Å². The number of rotatable bonds is 1. The van der Waals surface area contributed by atoms with E-state index < -0.39 is 8.07 Å². The van der Waals surface area contributed by atoms with Crippen LogP contribution in [-0.2, 0) is 16.0 Å². The molecule has 0 amide bonds. The summed E-state index contributed by atoms with van der Waals surface area (Å²) in [6.45, 7) is 6.82. The molecule has 2 heteroatoms. The summed E-state index contributed by atoms with van der Waals surface area (Å²) in [7, 11) is -0.826. The van der Waals surface area contributed by atoms with E-state index >= 15 is 0 Å². The summed E-state index contributed by atoms with van der Waals surface area (Å²) in [5, 5.41) is 0. The molecular weight excluding hydrogens is 140 g/mol. The summed E-state index contributed by atoms with van der Waals surface area (Å²) in [4.78, 5) is 0.972. The van der Waals surface area contributed by atoms with Gasteiger partial charge in [0, 0.05) is 0 Å². The minimum atomic E-state index is -0.826. The van der Waals surface area contributed by atoms with Crippen LogP contribution in [0.4, 0.5) is 0 Å². The van der Waals surface area contributed by atoms with E-state index in [-0.39, 0.29) is 0 Å². The third-order valence-corrected chi connectivity index (χ3v) is 3.96. The molecule has 0 atom stereocenters. The molecule has 42 valence electrons. The molecule has 0 saturated carbocycles. The third kappa shape index (κ3) is 4.74. The number of hydrogen-bond acceptors (Lipinski definition) is 0. The Morgan fingerprint density at radius 1 is 1.33 bits per heavy atom. The van der Waals surface area contributed by atoms with E-state index in [1.54, 1.807) is 0 Å². The summed E-state index contributed by atoms with van der Waals surface area (Å²) in [5.74, 6) is 0. The molecule has 0 aromatic heterocycles. The van der Waals surface area contributed by atoms with E-state index in [1.165, 1.54) is 0 Å². The Labute approximate surface area is 49.2 Å². The van der Waals surface area contributed by atoms with Crippen LogP contribution in [0, 0.1) is 0 Å². The topological polar surface area (TPSA) is 0 Å². The summed E-state index contributed by atoms with van der Waals surface area (Å²) in [5.41, 5.74) is 0. The summed E-state index contributed by atoms with van der Waals surface area (Å²) < 4.78 is 0. The van der Waals surface area contributed by atoms with Crippen molar-refractivity contribution in [2.24, 2.45) is 0 Å². The van der Waals surface area contributed by atoms with E-state index in [2.05, 4.69) is 19.6 Å². The zero-order valence-electron chi connectivity index (χ0n) is 4.51. The van der Waals surface area contributed by atoms with Gasteiger partial charge in [0.2, 0.25) is 0 Å². The summed E-state index contributed by atoms with van der Waals surface area (Å²) in [6.07, 6.45) is 0. The summed E-state index contributed by atoms with van der Waals surface area (Å²) >= 11 is 4.98. The minimum absolute atomic E-state index is 0.826. The van der Waals surface area contributed by atoms with E-state index in [0.29, 0.717) is 0 Å². The SMILES string of the molecule is C[Si](C)(C)[CH2][Cu]. The molecule has 0 aliphatic rings. The standard InChI is InChI=1S/C4H11Si.Cu/c1-5(2,3)4;/h1H2,2-4H3;. The molecule has 0 bridgehead atoms. The molecule has 0 aromatic rings. The quantitative estimate of drug-likeness (QED) is 0.501. The van der Waals surface area contributed by atoms with Gasteiger partial charge in [-0.2, -0.15) is 0 Å². The second-order valence-electron chi connectivity index (χ2n) is 2.67. The molecular formula is C4H11CuSi. The van der Waals surface area contributed by atoms with Crippen LogP contribution in [0.3, 0.4) is 0 Å². The van der Waals surface area contributed by atoms with Crippen molar-refractivity contribution in [1.82, 2.24) is 0 Å². The van der Waals surface area contributed by atoms with E-state index in [0.717, 1.165) is 4.94 Å². The first-order chi connectivity index (χ1) is 2.56. The Morgan fingerprint density at radius 2 is 1.50 bits per heavy atom. The average Bonchev–Trinajstić information content (AvgIpc) is 1.35. The predicted octanol–water partition coefficient (Wildman–Crippen LogP) is 1.83. The molecule has 0 radical (unpaired) electrons. The fourth-order valence-electron chi connectivity index (χ4n) is 0. The molecule has 0 unspecified atom stereocenters. The van der Waals surface area contributed by atoms with Crippen LogP contribution in [0.2, 0.25) is 24.6 Å². The monoisotopic (exact) mass is 150 g/mol. The average molecular weight is 151 g/mol. The first kappa shape index (κ1) is 6.74. The van der Waals surface area contributed by atoms with Crippen LogP contribution in [0.15, 0.2) is 0 Å². The van der Waals surface area contributed by atoms with Crippen molar-refractivity contribution in [3.8, 4) is 0 Å². The van der Waals surface area contributed by atoms with Crippen LogP contribution in [0.25, 0.3) is 0 Å². The van der Waals surface area contributed by atoms with Gasteiger partial charge in [-0.25, -0.2) is 0 Å². The Bertz CT molecular complexity index is 37.3. The van der Waals surface area contributed by atoms with Crippen LogP contribution in [0.1, 0.15) is 0 Å². The molecule has 0 fully saturated rings. The molecule has 0 aromatic carbocycles. The molecule has 0 heterocycles. The molecule has 0 aliphatic carbocycles. The van der Waals surface area contributed by atoms with Crippen molar-refractivity contribution in [2.45, 2.75) is 24.6 Å². The predicted molar refractivity (Wildman–Crippen MR) is 28.2 cm³/mol. The van der Waals surface area contributed by atoms with Crippen molar-refractivity contribution in [3.63, 3.8) is 0 Å². The molecule has 6 heavy (non-hydrogen) atoms. The maximum atomic E-state index is 4.98. The Balaban J connectivity index is 3.17. The van der Waals surface area contributed by atoms with Gasteiger partial charge in [-0.1, -0.05) is 0 Å². The van der Waals surface area contributed by atoms with Crippen LogP contribution in [-0.4, -0.2) is 8.07 Å². The zero-order valence-corrected chi connectivity index (χ0v) is 6.45. The second kappa shape index (κ2) is 2.15. The molecule has 0 rings (SSSR count). The van der Waals surface area contributed by atoms with Crippen molar-refractivity contribution in [1.29, 1.82) is 0 Å². The Kier molecular flexibility index (Phi) is 2.41. The summed E-state index contributed by atoms with van der Waals surface area (Å²) in [6, 6.07) is 0. The first-order valence-electron chi connectivity index (χ1n) is 2.07. The maximum absolute atomic E-state index is 4.98. The van der Waals surface area contributed by atoms with Gasteiger partial charge in [-0.05, 0) is 0 Å². The first-order valence-corrected chi connectivity index (χ1v) is 6.44. The van der Waals surface area contributed by atoms with Crippen LogP contribution in [0.5, 0.6) is 0 Å². The van der Waals surface area contributed by atoms with Gasteiger partial charge in [0.15, 0.2) is 0 Å². The number of hydrogen-bond donors (Lipinski definition) is 0. The van der Waals surface area contributed by atoms with Crippen LogP contribution < -0.4 is 0 Å². The third-order valence-electron chi connectivity index (χ3n) is 0.320. The Hall–Kier alpha value is 0.736. The second-order valence-corrected chi connectivity index (χ2v) is 9.00. The molecule has 0 N–H and O–H groups in total. The van der Waals surface area contributed by atoms with Gasteiger partial charge in [-0.15, -0.1) is 0 Å². The van der Waals surface area contributed by atoms with Crippen molar-refractivity contribution < 1.29 is 16.0 Å². The molecule has 0 aliphatic heterocycles. The van der Waals surface area contributed by atoms with E-state index in [9.17, 15) is 0 Å². The molecule has 0 saturated heterocycles. The van der Waals surface area contributed by atoms with Gasteiger partial charge < -0.3 is 0 Å². The van der Waals surface area contributed by atoms with Gasteiger partial charge >= 0.3 is 48.7 Å².